The number of halogens is 1. The molecular weight excluding hydrogens is 215 g/mol. The summed E-state index contributed by atoms with van der Waals surface area (Å²) in [4.78, 5) is 0. The van der Waals surface area contributed by atoms with Gasteiger partial charge in [-0.15, -0.1) is 0 Å². The molecule has 0 heterocycles. The predicted molar refractivity (Wildman–Crippen MR) is 44.1 cm³/mol. The molecule has 0 saturated heterocycles. The third-order valence-electron chi connectivity index (χ3n) is 0.856. The summed E-state index contributed by atoms with van der Waals surface area (Å²) in [5.74, 6) is 0. The van der Waals surface area contributed by atoms with Crippen molar-refractivity contribution in [2.45, 2.75) is 19.3 Å². The average Bonchev–Trinajstić information content (AvgIpc) is 1.66. The van der Waals surface area contributed by atoms with Gasteiger partial charge < -0.3 is 5.11 Å². The van der Waals surface area contributed by atoms with E-state index >= 15 is 0 Å². The number of aliphatic hydroxyl groups excluding tert-OH is 1. The molecular formula is C6H11IO. The Balaban J connectivity index is 2.82. The van der Waals surface area contributed by atoms with Crippen molar-refractivity contribution >= 4 is 22.6 Å². The Morgan fingerprint density at radius 3 is 2.50 bits per heavy atom. The zero-order valence-corrected chi connectivity index (χ0v) is 7.02. The van der Waals surface area contributed by atoms with Gasteiger partial charge in [-0.1, -0.05) is 6.58 Å². The van der Waals surface area contributed by atoms with Crippen molar-refractivity contribution in [3.05, 3.63) is 10.2 Å². The molecule has 48 valence electrons. The van der Waals surface area contributed by atoms with Gasteiger partial charge in [0.25, 0.3) is 0 Å². The Morgan fingerprint density at radius 2 is 2.12 bits per heavy atom. The first kappa shape index (κ1) is 8.43. The molecule has 0 aliphatic rings. The molecule has 2 heteroatoms. The Hall–Kier alpha value is 0.430. The minimum absolute atomic E-state index is 0.309. The lowest BCUT2D eigenvalue weighted by Crippen LogP contribution is -1.81. The summed E-state index contributed by atoms with van der Waals surface area (Å²) >= 11 is 2.21. The summed E-state index contributed by atoms with van der Waals surface area (Å²) in [6.07, 6.45) is 3.02. The number of hydrogen-bond donors (Lipinski definition) is 1. The van der Waals surface area contributed by atoms with E-state index in [0.29, 0.717) is 6.61 Å². The third-order valence-corrected chi connectivity index (χ3v) is 1.40. The van der Waals surface area contributed by atoms with Crippen LogP contribution in [0.3, 0.4) is 0 Å². The van der Waals surface area contributed by atoms with Gasteiger partial charge in [-0.05, 0) is 45.4 Å². The first-order valence-corrected chi connectivity index (χ1v) is 3.79. The lowest BCUT2D eigenvalue weighted by molar-refractivity contribution is 0.285. The molecule has 1 N–H and O–H groups in total. The van der Waals surface area contributed by atoms with Crippen LogP contribution in [0.4, 0.5) is 0 Å². The summed E-state index contributed by atoms with van der Waals surface area (Å²) in [5, 5.41) is 8.35. The standard InChI is InChI=1S/C6H11IO/c1-6(7)4-2-3-5-8/h8H,1-5H2. The zero-order valence-electron chi connectivity index (χ0n) is 4.86. The van der Waals surface area contributed by atoms with E-state index in [4.69, 9.17) is 5.11 Å². The molecule has 1 nitrogen and oxygen atoms in total. The molecule has 0 atom stereocenters. The zero-order chi connectivity index (χ0) is 6.41. The lowest BCUT2D eigenvalue weighted by atomic mass is 10.2. The fourth-order valence-electron chi connectivity index (χ4n) is 0.429. The molecule has 0 saturated carbocycles. The second-order valence-corrected chi connectivity index (χ2v) is 3.22. The molecule has 0 amide bonds. The van der Waals surface area contributed by atoms with Crippen LogP contribution in [-0.2, 0) is 0 Å². The van der Waals surface area contributed by atoms with Crippen LogP contribution in [0.1, 0.15) is 19.3 Å². The molecule has 0 bridgehead atoms. The summed E-state index contributed by atoms with van der Waals surface area (Å²) in [7, 11) is 0. The van der Waals surface area contributed by atoms with Crippen molar-refractivity contribution in [2.75, 3.05) is 6.61 Å². The number of hydrogen-bond acceptors (Lipinski definition) is 1. The highest BCUT2D eigenvalue weighted by atomic mass is 127. The monoisotopic (exact) mass is 226 g/mol. The smallest absolute Gasteiger partial charge is 0.0431 e. The Kier molecular flexibility index (Phi) is 5.86. The molecule has 0 aliphatic heterocycles. The molecule has 0 aromatic rings. The maximum Gasteiger partial charge on any atom is 0.0431 e. The average molecular weight is 226 g/mol. The normalized spacial score (nSPS) is 9.25. The third kappa shape index (κ3) is 6.43. The van der Waals surface area contributed by atoms with Crippen molar-refractivity contribution in [3.8, 4) is 0 Å². The first-order chi connectivity index (χ1) is 3.77. The SMILES string of the molecule is C=C(I)CCCCO. The second kappa shape index (κ2) is 5.56. The van der Waals surface area contributed by atoms with Crippen LogP contribution in [0.15, 0.2) is 10.2 Å². The van der Waals surface area contributed by atoms with Crippen LogP contribution < -0.4 is 0 Å². The van der Waals surface area contributed by atoms with Crippen LogP contribution in [0.5, 0.6) is 0 Å². The van der Waals surface area contributed by atoms with Gasteiger partial charge in [0.15, 0.2) is 0 Å². The first-order valence-electron chi connectivity index (χ1n) is 2.71. The summed E-state index contributed by atoms with van der Waals surface area (Å²) in [6.45, 7) is 4.04. The number of rotatable bonds is 4. The highest BCUT2D eigenvalue weighted by Crippen LogP contribution is 2.10. The highest BCUT2D eigenvalue weighted by molar-refractivity contribution is 14.1. The van der Waals surface area contributed by atoms with E-state index in [0.717, 1.165) is 19.3 Å². The minimum atomic E-state index is 0.309. The topological polar surface area (TPSA) is 20.2 Å². The van der Waals surface area contributed by atoms with Gasteiger partial charge in [0, 0.05) is 6.61 Å². The maximum absolute atomic E-state index is 8.35. The van der Waals surface area contributed by atoms with E-state index in [1.807, 2.05) is 0 Å². The molecule has 8 heavy (non-hydrogen) atoms. The molecule has 0 aromatic carbocycles. The fraction of sp³-hybridized carbons (Fsp3) is 0.667. The van der Waals surface area contributed by atoms with Gasteiger partial charge in [-0.25, -0.2) is 0 Å². The number of allylic oxidation sites excluding steroid dienone is 1. The molecule has 0 rings (SSSR count). The van der Waals surface area contributed by atoms with Crippen LogP contribution in [0.25, 0.3) is 0 Å². The van der Waals surface area contributed by atoms with Gasteiger partial charge >= 0.3 is 0 Å². The minimum Gasteiger partial charge on any atom is -0.396 e. The van der Waals surface area contributed by atoms with Crippen molar-refractivity contribution in [2.24, 2.45) is 0 Å². The molecule has 0 unspecified atom stereocenters. The van der Waals surface area contributed by atoms with E-state index < -0.39 is 0 Å². The van der Waals surface area contributed by atoms with Gasteiger partial charge in [0.1, 0.15) is 0 Å². The van der Waals surface area contributed by atoms with Crippen molar-refractivity contribution in [1.82, 2.24) is 0 Å². The summed E-state index contributed by atoms with van der Waals surface area (Å²) in [5.41, 5.74) is 0. The van der Waals surface area contributed by atoms with Gasteiger partial charge in [0.05, 0.1) is 0 Å². The van der Waals surface area contributed by atoms with Crippen LogP contribution >= 0.6 is 22.6 Å². The molecule has 0 radical (unpaired) electrons. The van der Waals surface area contributed by atoms with Gasteiger partial charge in [-0.2, -0.15) is 0 Å². The van der Waals surface area contributed by atoms with Gasteiger partial charge in [-0.3, -0.25) is 0 Å². The van der Waals surface area contributed by atoms with Crippen LogP contribution in [-0.4, -0.2) is 11.7 Å². The largest absolute Gasteiger partial charge is 0.396 e. The Morgan fingerprint density at radius 1 is 1.50 bits per heavy atom. The number of unbranched alkanes of at least 4 members (excludes halogenated alkanes) is 1. The summed E-state index contributed by atoms with van der Waals surface area (Å²) in [6, 6.07) is 0. The molecule has 0 aromatic heterocycles. The summed E-state index contributed by atoms with van der Waals surface area (Å²) < 4.78 is 1.18. The lowest BCUT2D eigenvalue weighted by Gasteiger charge is -1.93. The Labute approximate surface area is 63.9 Å². The quantitative estimate of drug-likeness (QED) is 0.574. The highest BCUT2D eigenvalue weighted by Gasteiger charge is 1.86. The van der Waals surface area contributed by atoms with Crippen molar-refractivity contribution in [3.63, 3.8) is 0 Å². The Bertz CT molecular complexity index is 70.9. The fourth-order valence-corrected chi connectivity index (χ4v) is 0.810. The van der Waals surface area contributed by atoms with E-state index in [1.54, 1.807) is 0 Å². The second-order valence-electron chi connectivity index (χ2n) is 1.70. The van der Waals surface area contributed by atoms with Crippen LogP contribution in [0, 0.1) is 0 Å². The van der Waals surface area contributed by atoms with Crippen molar-refractivity contribution < 1.29 is 5.11 Å². The van der Waals surface area contributed by atoms with Crippen molar-refractivity contribution in [1.29, 1.82) is 0 Å². The molecule has 0 aliphatic carbocycles. The van der Waals surface area contributed by atoms with Crippen LogP contribution in [0.2, 0.25) is 0 Å². The van der Waals surface area contributed by atoms with E-state index in [1.165, 1.54) is 3.58 Å². The van der Waals surface area contributed by atoms with E-state index in [9.17, 15) is 0 Å². The molecule has 0 fully saturated rings. The van der Waals surface area contributed by atoms with E-state index in [-0.39, 0.29) is 0 Å². The van der Waals surface area contributed by atoms with E-state index in [2.05, 4.69) is 29.2 Å². The predicted octanol–water partition coefficient (Wildman–Crippen LogP) is 2.10. The number of aliphatic hydroxyl groups is 1. The maximum atomic E-state index is 8.35. The molecule has 0 spiro atoms. The van der Waals surface area contributed by atoms with Gasteiger partial charge in [0.2, 0.25) is 0 Å².